The number of unbranched alkanes of at least 4 members (excludes halogenated alkanes) is 2. The minimum Gasteiger partial charge on any atom is -0.443 e. The zero-order valence-corrected chi connectivity index (χ0v) is 10.2. The van der Waals surface area contributed by atoms with Crippen molar-refractivity contribution in [3.8, 4) is 0 Å². The Kier molecular flexibility index (Phi) is 8.14. The van der Waals surface area contributed by atoms with Gasteiger partial charge in [0, 0.05) is 0 Å². The molecule has 92 valence electrons. The van der Waals surface area contributed by atoms with E-state index in [9.17, 15) is 4.79 Å². The summed E-state index contributed by atoms with van der Waals surface area (Å²) in [6, 6.07) is 0. The number of carbonyl (C=O) groups excluding carboxylic acids is 1. The summed E-state index contributed by atoms with van der Waals surface area (Å²) in [4.78, 5) is 10.4. The second kappa shape index (κ2) is 8.90. The molecule has 0 rings (SSSR count). The number of hydrogen-bond donors (Lipinski definition) is 3. The standard InChI is InChI=1S/C9H18N4O2S/c1-2-3-4-5-7(6-15-9(11)14)12-13-8(10)16/h2-6H2,1H3,(H2,11,14)(H3,10,13,16). The molecule has 0 spiro atoms. The van der Waals surface area contributed by atoms with Crippen LogP contribution >= 0.6 is 12.2 Å². The Labute approximate surface area is 100 Å². The van der Waals surface area contributed by atoms with Gasteiger partial charge in [-0.3, -0.25) is 5.43 Å². The van der Waals surface area contributed by atoms with Crippen molar-refractivity contribution in [2.45, 2.75) is 32.6 Å². The van der Waals surface area contributed by atoms with Crippen molar-refractivity contribution < 1.29 is 9.53 Å². The summed E-state index contributed by atoms with van der Waals surface area (Å²) >= 11 is 4.61. The van der Waals surface area contributed by atoms with E-state index in [1.165, 1.54) is 0 Å². The monoisotopic (exact) mass is 246 g/mol. The summed E-state index contributed by atoms with van der Waals surface area (Å²) < 4.78 is 4.65. The van der Waals surface area contributed by atoms with Gasteiger partial charge in [-0.1, -0.05) is 19.8 Å². The summed E-state index contributed by atoms with van der Waals surface area (Å²) in [7, 11) is 0. The van der Waals surface area contributed by atoms with E-state index in [0.29, 0.717) is 5.71 Å². The SMILES string of the molecule is CCCCCC(COC(N)=O)=NNC(N)=S. The van der Waals surface area contributed by atoms with E-state index in [1.54, 1.807) is 0 Å². The Hall–Kier alpha value is -1.37. The van der Waals surface area contributed by atoms with Crippen molar-refractivity contribution in [2.75, 3.05) is 6.61 Å². The van der Waals surface area contributed by atoms with Crippen LogP contribution in [-0.4, -0.2) is 23.5 Å². The number of hydrazone groups is 1. The largest absolute Gasteiger partial charge is 0.443 e. The molecule has 0 aromatic rings. The fourth-order valence-corrected chi connectivity index (χ4v) is 1.07. The van der Waals surface area contributed by atoms with Crippen LogP contribution in [0.25, 0.3) is 0 Å². The van der Waals surface area contributed by atoms with Crippen molar-refractivity contribution in [3.63, 3.8) is 0 Å². The van der Waals surface area contributed by atoms with Gasteiger partial charge in [0.2, 0.25) is 0 Å². The number of ether oxygens (including phenoxy) is 1. The average molecular weight is 246 g/mol. The molecule has 7 heteroatoms. The highest BCUT2D eigenvalue weighted by molar-refractivity contribution is 7.80. The molecular weight excluding hydrogens is 228 g/mol. The number of nitrogens with two attached hydrogens (primary N) is 2. The van der Waals surface area contributed by atoms with Crippen LogP contribution in [0.2, 0.25) is 0 Å². The van der Waals surface area contributed by atoms with Gasteiger partial charge in [0.15, 0.2) is 5.11 Å². The zero-order chi connectivity index (χ0) is 12.4. The van der Waals surface area contributed by atoms with Crippen LogP contribution in [0.15, 0.2) is 5.10 Å². The van der Waals surface area contributed by atoms with E-state index >= 15 is 0 Å². The van der Waals surface area contributed by atoms with E-state index < -0.39 is 6.09 Å². The lowest BCUT2D eigenvalue weighted by atomic mass is 10.1. The summed E-state index contributed by atoms with van der Waals surface area (Å²) in [5, 5.41) is 4.01. The van der Waals surface area contributed by atoms with Gasteiger partial charge in [0.1, 0.15) is 6.61 Å². The van der Waals surface area contributed by atoms with Gasteiger partial charge < -0.3 is 16.2 Å². The molecule has 0 aromatic heterocycles. The molecule has 0 fully saturated rings. The third-order valence-corrected chi connectivity index (χ3v) is 1.87. The van der Waals surface area contributed by atoms with Gasteiger partial charge in [-0.05, 0) is 25.1 Å². The molecule has 0 aliphatic carbocycles. The van der Waals surface area contributed by atoms with E-state index in [4.69, 9.17) is 11.5 Å². The molecule has 0 saturated heterocycles. The second-order valence-corrected chi connectivity index (χ2v) is 3.66. The number of primary amides is 1. The third kappa shape index (κ3) is 9.20. The number of nitrogens with zero attached hydrogens (tertiary/aromatic N) is 1. The van der Waals surface area contributed by atoms with Crippen LogP contribution in [0.3, 0.4) is 0 Å². The zero-order valence-electron chi connectivity index (χ0n) is 9.36. The Morgan fingerprint density at radius 2 is 2.12 bits per heavy atom. The van der Waals surface area contributed by atoms with Crippen molar-refractivity contribution in [1.82, 2.24) is 5.43 Å². The van der Waals surface area contributed by atoms with E-state index in [-0.39, 0.29) is 11.7 Å². The van der Waals surface area contributed by atoms with Crippen LogP contribution in [-0.2, 0) is 4.74 Å². The van der Waals surface area contributed by atoms with Crippen molar-refractivity contribution in [3.05, 3.63) is 0 Å². The maximum absolute atomic E-state index is 10.4. The van der Waals surface area contributed by atoms with Crippen LogP contribution in [0, 0.1) is 0 Å². The first-order chi connectivity index (χ1) is 7.56. The van der Waals surface area contributed by atoms with Gasteiger partial charge in [-0.2, -0.15) is 5.10 Å². The predicted octanol–water partition coefficient (Wildman–Crippen LogP) is 0.851. The normalized spacial score (nSPS) is 10.9. The lowest BCUT2D eigenvalue weighted by Gasteiger charge is -2.06. The highest BCUT2D eigenvalue weighted by atomic mass is 32.1. The fourth-order valence-electron chi connectivity index (χ4n) is 1.03. The third-order valence-electron chi connectivity index (χ3n) is 1.77. The van der Waals surface area contributed by atoms with Gasteiger partial charge in [-0.15, -0.1) is 0 Å². The first kappa shape index (κ1) is 14.6. The number of nitrogens with one attached hydrogen (secondary N) is 1. The van der Waals surface area contributed by atoms with Crippen molar-refractivity contribution >= 4 is 29.1 Å². The molecule has 0 aliphatic rings. The lowest BCUT2D eigenvalue weighted by molar-refractivity contribution is 0.172. The molecule has 0 saturated carbocycles. The van der Waals surface area contributed by atoms with Gasteiger partial charge >= 0.3 is 6.09 Å². The molecule has 0 heterocycles. The van der Waals surface area contributed by atoms with Crippen molar-refractivity contribution in [1.29, 1.82) is 0 Å². The topological polar surface area (TPSA) is 103 Å². The highest BCUT2D eigenvalue weighted by Gasteiger charge is 2.03. The van der Waals surface area contributed by atoms with Crippen LogP contribution in [0.5, 0.6) is 0 Å². The lowest BCUT2D eigenvalue weighted by Crippen LogP contribution is -2.27. The number of amides is 1. The van der Waals surface area contributed by atoms with Crippen LogP contribution < -0.4 is 16.9 Å². The summed E-state index contributed by atoms with van der Waals surface area (Å²) in [6.07, 6.45) is 3.06. The number of rotatable bonds is 7. The minimum absolute atomic E-state index is 0.0641. The molecule has 0 bridgehead atoms. The number of carbonyl (C=O) groups is 1. The predicted molar refractivity (Wildman–Crippen MR) is 67.0 cm³/mol. The Balaban J connectivity index is 4.09. The Morgan fingerprint density at radius 3 is 2.62 bits per heavy atom. The Morgan fingerprint density at radius 1 is 1.44 bits per heavy atom. The molecule has 5 N–H and O–H groups in total. The first-order valence-electron chi connectivity index (χ1n) is 5.09. The molecule has 0 aromatic carbocycles. The quantitative estimate of drug-likeness (QED) is 0.267. The van der Waals surface area contributed by atoms with E-state index in [0.717, 1.165) is 25.7 Å². The minimum atomic E-state index is -0.821. The molecular formula is C9H18N4O2S. The van der Waals surface area contributed by atoms with Crippen LogP contribution in [0.1, 0.15) is 32.6 Å². The Bertz CT molecular complexity index is 268. The number of thiocarbonyl (C=S) groups is 1. The van der Waals surface area contributed by atoms with Gasteiger partial charge in [0.05, 0.1) is 5.71 Å². The summed E-state index contributed by atoms with van der Waals surface area (Å²) in [5.74, 6) is 0. The summed E-state index contributed by atoms with van der Waals surface area (Å²) in [6.45, 7) is 2.17. The van der Waals surface area contributed by atoms with Crippen LogP contribution in [0.4, 0.5) is 4.79 Å². The first-order valence-corrected chi connectivity index (χ1v) is 5.50. The fraction of sp³-hybridized carbons (Fsp3) is 0.667. The van der Waals surface area contributed by atoms with Gasteiger partial charge in [0.25, 0.3) is 0 Å². The maximum Gasteiger partial charge on any atom is 0.404 e. The highest BCUT2D eigenvalue weighted by Crippen LogP contribution is 2.01. The number of hydrogen-bond acceptors (Lipinski definition) is 4. The molecule has 1 amide bonds. The molecule has 16 heavy (non-hydrogen) atoms. The van der Waals surface area contributed by atoms with Gasteiger partial charge in [-0.25, -0.2) is 4.79 Å². The maximum atomic E-state index is 10.4. The smallest absolute Gasteiger partial charge is 0.404 e. The van der Waals surface area contributed by atoms with E-state index in [1.807, 2.05) is 0 Å². The molecule has 0 atom stereocenters. The molecule has 0 aliphatic heterocycles. The van der Waals surface area contributed by atoms with E-state index in [2.05, 4.69) is 34.4 Å². The molecule has 0 radical (unpaired) electrons. The molecule has 0 unspecified atom stereocenters. The van der Waals surface area contributed by atoms with Crippen molar-refractivity contribution in [2.24, 2.45) is 16.6 Å². The average Bonchev–Trinajstić information content (AvgIpc) is 2.21. The second-order valence-electron chi connectivity index (χ2n) is 3.22. The molecule has 6 nitrogen and oxygen atoms in total. The summed E-state index contributed by atoms with van der Waals surface area (Å²) in [5.41, 5.74) is 13.2.